The summed E-state index contributed by atoms with van der Waals surface area (Å²) in [5.74, 6) is -0.651. The molecule has 6 heteroatoms. The number of aliphatic hydroxyl groups excluding tert-OH is 1. The molecule has 0 bridgehead atoms. The molecule has 0 aromatic heterocycles. The summed E-state index contributed by atoms with van der Waals surface area (Å²) < 4.78 is 14.3. The van der Waals surface area contributed by atoms with Crippen LogP contribution in [0.3, 0.4) is 0 Å². The Morgan fingerprint density at radius 3 is 2.52 bits per heavy atom. The monoisotopic (exact) mass is 396 g/mol. The zero-order valence-electron chi connectivity index (χ0n) is 16.4. The second kappa shape index (κ2) is 7.95. The fourth-order valence-electron chi connectivity index (χ4n) is 4.82. The average molecular weight is 396 g/mol. The lowest BCUT2D eigenvalue weighted by atomic mass is 9.87. The van der Waals surface area contributed by atoms with E-state index in [9.17, 15) is 14.0 Å². The van der Waals surface area contributed by atoms with E-state index in [-0.39, 0.29) is 48.3 Å². The fraction of sp³-hybridized carbons (Fsp3) is 0.391. The van der Waals surface area contributed by atoms with E-state index < -0.39 is 5.82 Å². The predicted molar refractivity (Wildman–Crippen MR) is 107 cm³/mol. The van der Waals surface area contributed by atoms with Gasteiger partial charge in [0.25, 0.3) is 5.91 Å². The van der Waals surface area contributed by atoms with E-state index in [1.54, 1.807) is 21.9 Å². The van der Waals surface area contributed by atoms with Gasteiger partial charge in [0.15, 0.2) is 0 Å². The third-order valence-electron chi connectivity index (χ3n) is 6.21. The smallest absolute Gasteiger partial charge is 0.257 e. The maximum Gasteiger partial charge on any atom is 0.257 e. The topological polar surface area (TPSA) is 60.9 Å². The number of aliphatic hydroxyl groups is 1. The van der Waals surface area contributed by atoms with Crippen molar-refractivity contribution in [3.63, 3.8) is 0 Å². The number of likely N-dealkylation sites (tertiary alicyclic amines) is 2. The lowest BCUT2D eigenvalue weighted by molar-refractivity contribution is -0.131. The summed E-state index contributed by atoms with van der Waals surface area (Å²) in [4.78, 5) is 29.2. The Kier molecular flexibility index (Phi) is 5.37. The van der Waals surface area contributed by atoms with Crippen LogP contribution < -0.4 is 0 Å². The molecule has 2 heterocycles. The lowest BCUT2D eigenvalue weighted by Gasteiger charge is -2.31. The molecule has 2 aromatic rings. The number of nitrogens with zero attached hydrogens (tertiary/aromatic N) is 2. The highest BCUT2D eigenvalue weighted by molar-refractivity contribution is 5.95. The van der Waals surface area contributed by atoms with Gasteiger partial charge >= 0.3 is 0 Å². The molecule has 2 aliphatic heterocycles. The maximum atomic E-state index is 14.3. The van der Waals surface area contributed by atoms with Crippen LogP contribution in [0.25, 0.3) is 0 Å². The van der Waals surface area contributed by atoms with E-state index in [2.05, 4.69) is 0 Å². The van der Waals surface area contributed by atoms with Crippen molar-refractivity contribution in [1.82, 2.24) is 9.80 Å². The molecule has 2 saturated heterocycles. The van der Waals surface area contributed by atoms with Gasteiger partial charge in [0.2, 0.25) is 5.91 Å². The summed E-state index contributed by atoms with van der Waals surface area (Å²) in [5, 5.41) is 9.10. The first-order valence-electron chi connectivity index (χ1n) is 10.0. The Morgan fingerprint density at radius 2 is 1.79 bits per heavy atom. The molecule has 2 fully saturated rings. The van der Waals surface area contributed by atoms with Crippen molar-refractivity contribution in [3.05, 3.63) is 71.0 Å². The van der Waals surface area contributed by atoms with Crippen molar-refractivity contribution >= 4 is 11.8 Å². The van der Waals surface area contributed by atoms with Crippen molar-refractivity contribution in [2.45, 2.75) is 19.4 Å². The number of halogens is 1. The first-order valence-corrected chi connectivity index (χ1v) is 10.0. The van der Waals surface area contributed by atoms with Crippen LogP contribution in [0.4, 0.5) is 4.39 Å². The molecule has 3 atom stereocenters. The lowest BCUT2D eigenvalue weighted by Crippen LogP contribution is -2.38. The van der Waals surface area contributed by atoms with Gasteiger partial charge < -0.3 is 14.9 Å². The van der Waals surface area contributed by atoms with E-state index in [1.165, 1.54) is 12.1 Å². The van der Waals surface area contributed by atoms with Crippen molar-refractivity contribution < 1.29 is 19.1 Å². The van der Waals surface area contributed by atoms with Gasteiger partial charge in [-0.25, -0.2) is 4.39 Å². The SMILES string of the molecule is Cc1ccccc1[C@@H]1[C@H]2CN(C(=O)CCO)C[C@H]2CN1C(=O)c1ccccc1F. The molecule has 2 amide bonds. The minimum absolute atomic E-state index is 0.0580. The first kappa shape index (κ1) is 19.6. The number of fused-ring (bicyclic) bond motifs is 1. The number of hydrogen-bond donors (Lipinski definition) is 1. The largest absolute Gasteiger partial charge is 0.396 e. The predicted octanol–water partition coefficient (Wildman–Crippen LogP) is 2.79. The van der Waals surface area contributed by atoms with E-state index in [0.717, 1.165) is 11.1 Å². The summed E-state index contributed by atoms with van der Waals surface area (Å²) >= 11 is 0. The van der Waals surface area contributed by atoms with Gasteiger partial charge in [-0.1, -0.05) is 36.4 Å². The first-order chi connectivity index (χ1) is 14.0. The Bertz CT molecular complexity index is 932. The fourth-order valence-corrected chi connectivity index (χ4v) is 4.82. The van der Waals surface area contributed by atoms with Crippen LogP contribution in [0.5, 0.6) is 0 Å². The molecule has 0 radical (unpaired) electrons. The van der Waals surface area contributed by atoms with Crippen LogP contribution in [0.15, 0.2) is 48.5 Å². The second-order valence-corrected chi connectivity index (χ2v) is 7.94. The van der Waals surface area contributed by atoms with Gasteiger partial charge in [0, 0.05) is 37.9 Å². The molecule has 4 rings (SSSR count). The summed E-state index contributed by atoms with van der Waals surface area (Å²) in [7, 11) is 0. The minimum atomic E-state index is -0.516. The van der Waals surface area contributed by atoms with Crippen molar-refractivity contribution in [3.8, 4) is 0 Å². The highest BCUT2D eigenvalue weighted by atomic mass is 19.1. The number of hydrogen-bond acceptors (Lipinski definition) is 3. The van der Waals surface area contributed by atoms with Crippen molar-refractivity contribution in [2.75, 3.05) is 26.2 Å². The Hall–Kier alpha value is -2.73. The Labute approximate surface area is 169 Å². The van der Waals surface area contributed by atoms with Crippen LogP contribution in [0.2, 0.25) is 0 Å². The molecule has 29 heavy (non-hydrogen) atoms. The molecule has 2 aliphatic rings. The van der Waals surface area contributed by atoms with Crippen LogP contribution in [0.1, 0.15) is 33.9 Å². The standard InChI is InChI=1S/C23H25FN2O3/c1-15-6-2-3-7-17(15)22-19-14-25(21(28)10-11-27)12-16(19)13-26(22)23(29)18-8-4-5-9-20(18)24/h2-9,16,19,22,27H,10-14H2,1H3/t16-,19-,22+/m0/s1. The summed E-state index contributed by atoms with van der Waals surface area (Å²) in [5.41, 5.74) is 2.20. The summed E-state index contributed by atoms with van der Waals surface area (Å²) in [6.07, 6.45) is 0.117. The third kappa shape index (κ3) is 3.53. The maximum absolute atomic E-state index is 14.3. The summed E-state index contributed by atoms with van der Waals surface area (Å²) in [6.45, 7) is 3.44. The molecular formula is C23H25FN2O3. The van der Waals surface area contributed by atoms with Gasteiger partial charge in [-0.3, -0.25) is 9.59 Å². The molecule has 0 spiro atoms. The van der Waals surface area contributed by atoms with Gasteiger partial charge in [-0.15, -0.1) is 0 Å². The van der Waals surface area contributed by atoms with Gasteiger partial charge in [-0.05, 0) is 30.2 Å². The average Bonchev–Trinajstić information content (AvgIpc) is 3.27. The molecule has 152 valence electrons. The van der Waals surface area contributed by atoms with Crippen molar-refractivity contribution in [1.29, 1.82) is 0 Å². The summed E-state index contributed by atoms with van der Waals surface area (Å²) in [6, 6.07) is 13.8. The highest BCUT2D eigenvalue weighted by Crippen LogP contribution is 2.46. The highest BCUT2D eigenvalue weighted by Gasteiger charge is 2.50. The zero-order valence-corrected chi connectivity index (χ0v) is 16.4. The minimum Gasteiger partial charge on any atom is -0.396 e. The number of aryl methyl sites for hydroxylation is 1. The number of carbonyl (C=O) groups excluding carboxylic acids is 2. The van der Waals surface area contributed by atoms with Crippen LogP contribution in [-0.2, 0) is 4.79 Å². The number of carbonyl (C=O) groups is 2. The number of benzene rings is 2. The van der Waals surface area contributed by atoms with Gasteiger partial charge in [0.1, 0.15) is 5.82 Å². The quantitative estimate of drug-likeness (QED) is 0.865. The second-order valence-electron chi connectivity index (χ2n) is 7.94. The molecule has 0 aliphatic carbocycles. The van der Waals surface area contributed by atoms with Crippen LogP contribution in [0, 0.1) is 24.6 Å². The van der Waals surface area contributed by atoms with Crippen LogP contribution >= 0.6 is 0 Å². The molecule has 1 N–H and O–H groups in total. The Balaban J connectivity index is 1.68. The van der Waals surface area contributed by atoms with E-state index in [0.29, 0.717) is 19.6 Å². The Morgan fingerprint density at radius 1 is 1.07 bits per heavy atom. The van der Waals surface area contributed by atoms with E-state index in [1.807, 2.05) is 31.2 Å². The van der Waals surface area contributed by atoms with E-state index in [4.69, 9.17) is 5.11 Å². The zero-order chi connectivity index (χ0) is 20.5. The molecule has 5 nitrogen and oxygen atoms in total. The molecule has 0 unspecified atom stereocenters. The molecular weight excluding hydrogens is 371 g/mol. The third-order valence-corrected chi connectivity index (χ3v) is 6.21. The molecule has 2 aromatic carbocycles. The normalized spacial score (nSPS) is 23.3. The van der Waals surface area contributed by atoms with E-state index >= 15 is 0 Å². The number of amides is 2. The van der Waals surface area contributed by atoms with Gasteiger partial charge in [-0.2, -0.15) is 0 Å². The van der Waals surface area contributed by atoms with Crippen LogP contribution in [-0.4, -0.2) is 53.0 Å². The van der Waals surface area contributed by atoms with Gasteiger partial charge in [0.05, 0.1) is 18.2 Å². The number of rotatable bonds is 4. The molecule has 0 saturated carbocycles. The van der Waals surface area contributed by atoms with Crippen molar-refractivity contribution in [2.24, 2.45) is 11.8 Å².